The fraction of sp³-hybridized carbons (Fsp3) is 0.964. The highest BCUT2D eigenvalue weighted by Crippen LogP contribution is 2.73. The monoisotopic (exact) mass is 443 g/mol. The number of carbonyl (C=O) groups excluding carboxylic acids is 1. The van der Waals surface area contributed by atoms with Crippen molar-refractivity contribution in [2.24, 2.45) is 52.3 Å². The van der Waals surface area contributed by atoms with Gasteiger partial charge in [-0.2, -0.15) is 0 Å². The number of aliphatic hydroxyl groups excluding tert-OH is 1. The van der Waals surface area contributed by atoms with Gasteiger partial charge in [-0.25, -0.2) is 0 Å². The van der Waals surface area contributed by atoms with Gasteiger partial charge in [0.1, 0.15) is 0 Å². The number of nitrogens with zero attached hydrogens (tertiary/aromatic N) is 1. The van der Waals surface area contributed by atoms with E-state index in [1.54, 1.807) is 0 Å². The van der Waals surface area contributed by atoms with E-state index in [1.807, 2.05) is 4.90 Å². The number of rotatable bonds is 4. The Kier molecular flexibility index (Phi) is 4.92. The van der Waals surface area contributed by atoms with Crippen LogP contribution >= 0.6 is 0 Å². The van der Waals surface area contributed by atoms with Gasteiger partial charge in [-0.1, -0.05) is 20.8 Å². The number of amides is 1. The van der Waals surface area contributed by atoms with E-state index in [-0.39, 0.29) is 17.4 Å². The molecule has 1 amide bonds. The van der Waals surface area contributed by atoms with Gasteiger partial charge >= 0.3 is 0 Å². The molecule has 0 aromatic carbocycles. The van der Waals surface area contributed by atoms with Crippen molar-refractivity contribution in [3.63, 3.8) is 0 Å². The van der Waals surface area contributed by atoms with Gasteiger partial charge in [-0.05, 0) is 116 Å². The minimum absolute atomic E-state index is 0.229. The second-order valence-corrected chi connectivity index (χ2v) is 13.6. The van der Waals surface area contributed by atoms with Crippen LogP contribution in [0, 0.1) is 52.3 Å². The molecule has 4 nitrogen and oxygen atoms in total. The Morgan fingerprint density at radius 2 is 1.72 bits per heavy atom. The van der Waals surface area contributed by atoms with Gasteiger partial charge in [0.2, 0.25) is 5.91 Å². The molecule has 0 aromatic heterocycles. The van der Waals surface area contributed by atoms with Gasteiger partial charge in [0.05, 0.1) is 11.7 Å². The Labute approximate surface area is 194 Å². The summed E-state index contributed by atoms with van der Waals surface area (Å²) in [5.41, 5.74) is 0.493. The van der Waals surface area contributed by atoms with Gasteiger partial charge in [-0.15, -0.1) is 0 Å². The number of likely N-dealkylation sites (tertiary alicyclic amines) is 1. The summed E-state index contributed by atoms with van der Waals surface area (Å²) in [6.07, 6.45) is 12.5. The van der Waals surface area contributed by atoms with Crippen molar-refractivity contribution < 1.29 is 15.0 Å². The number of carbonyl (C=O) groups is 1. The average Bonchev–Trinajstić information content (AvgIpc) is 3.08. The first kappa shape index (κ1) is 21.9. The molecule has 1 saturated heterocycles. The first-order chi connectivity index (χ1) is 15.2. The zero-order chi connectivity index (χ0) is 22.5. The smallest absolute Gasteiger partial charge is 0.222 e. The van der Waals surface area contributed by atoms with Crippen LogP contribution in [0.2, 0.25) is 0 Å². The number of hydrogen-bond acceptors (Lipinski definition) is 3. The summed E-state index contributed by atoms with van der Waals surface area (Å²) in [6.45, 7) is 8.79. The molecule has 4 heteroatoms. The minimum Gasteiger partial charge on any atom is -0.391 e. The summed E-state index contributed by atoms with van der Waals surface area (Å²) >= 11 is 0. The molecule has 0 bridgehead atoms. The summed E-state index contributed by atoms with van der Waals surface area (Å²) < 4.78 is 0. The van der Waals surface area contributed by atoms with E-state index < -0.39 is 6.10 Å². The number of fused-ring (bicyclic) bond motifs is 7. The average molecular weight is 444 g/mol. The van der Waals surface area contributed by atoms with Crippen molar-refractivity contribution in [2.45, 2.75) is 103 Å². The summed E-state index contributed by atoms with van der Waals surface area (Å²) in [5.74, 6) is 4.89. The maximum absolute atomic E-state index is 12.1. The Hall–Kier alpha value is -0.610. The molecule has 6 aliphatic rings. The van der Waals surface area contributed by atoms with Gasteiger partial charge in [0.25, 0.3) is 0 Å². The van der Waals surface area contributed by atoms with E-state index in [0.717, 1.165) is 49.5 Å². The fourth-order valence-corrected chi connectivity index (χ4v) is 10.6. The van der Waals surface area contributed by atoms with E-state index in [1.165, 1.54) is 44.9 Å². The quantitative estimate of drug-likeness (QED) is 0.666. The zero-order valence-corrected chi connectivity index (χ0v) is 20.6. The van der Waals surface area contributed by atoms with Crippen LogP contribution in [-0.4, -0.2) is 45.8 Å². The lowest BCUT2D eigenvalue weighted by atomic mass is 9.44. The van der Waals surface area contributed by atoms with Crippen LogP contribution in [0.1, 0.15) is 91.4 Å². The van der Waals surface area contributed by atoms with Crippen molar-refractivity contribution in [2.75, 3.05) is 13.1 Å². The summed E-state index contributed by atoms with van der Waals surface area (Å²) in [7, 11) is 0. The van der Waals surface area contributed by atoms with E-state index >= 15 is 0 Å². The van der Waals surface area contributed by atoms with Gasteiger partial charge in [-0.3, -0.25) is 4.79 Å². The summed E-state index contributed by atoms with van der Waals surface area (Å²) in [6, 6.07) is 0. The van der Waals surface area contributed by atoms with Crippen molar-refractivity contribution >= 4 is 5.91 Å². The molecule has 1 aliphatic heterocycles. The molecule has 6 fully saturated rings. The van der Waals surface area contributed by atoms with Crippen molar-refractivity contribution in [3.8, 4) is 0 Å². The van der Waals surface area contributed by atoms with Gasteiger partial charge < -0.3 is 15.1 Å². The molecule has 1 heterocycles. The second-order valence-electron chi connectivity index (χ2n) is 13.6. The molecule has 180 valence electrons. The molecule has 0 spiro atoms. The van der Waals surface area contributed by atoms with E-state index in [0.29, 0.717) is 35.6 Å². The van der Waals surface area contributed by atoms with Crippen molar-refractivity contribution in [1.82, 2.24) is 4.90 Å². The molecule has 11 atom stereocenters. The normalized spacial score (nSPS) is 53.8. The van der Waals surface area contributed by atoms with E-state index in [2.05, 4.69) is 20.8 Å². The Morgan fingerprint density at radius 3 is 2.47 bits per heavy atom. The summed E-state index contributed by atoms with van der Waals surface area (Å²) in [5, 5.41) is 21.9. The molecule has 1 unspecified atom stereocenters. The maximum Gasteiger partial charge on any atom is 0.222 e. The fourth-order valence-electron chi connectivity index (χ4n) is 10.6. The molecular formula is C28H45NO3. The second kappa shape index (κ2) is 7.20. The van der Waals surface area contributed by atoms with Crippen molar-refractivity contribution in [1.29, 1.82) is 0 Å². The lowest BCUT2D eigenvalue weighted by Crippen LogP contribution is -2.55. The highest BCUT2D eigenvalue weighted by atomic mass is 16.3. The predicted molar refractivity (Wildman–Crippen MR) is 125 cm³/mol. The Morgan fingerprint density at radius 1 is 0.969 bits per heavy atom. The molecule has 2 N–H and O–H groups in total. The molecule has 6 rings (SSSR count). The molecular weight excluding hydrogens is 398 g/mol. The van der Waals surface area contributed by atoms with Gasteiger partial charge in [0.15, 0.2) is 0 Å². The van der Waals surface area contributed by atoms with E-state index in [9.17, 15) is 15.0 Å². The number of β-amino-alcohol motifs (C(OH)–C–C–N with tert-alkyl or cyclic N) is 1. The van der Waals surface area contributed by atoms with Gasteiger partial charge in [0, 0.05) is 19.5 Å². The number of aliphatic hydroxyl groups is 2. The van der Waals surface area contributed by atoms with Crippen LogP contribution < -0.4 is 0 Å². The van der Waals surface area contributed by atoms with Crippen LogP contribution in [0.5, 0.6) is 0 Å². The van der Waals surface area contributed by atoms with Crippen LogP contribution in [-0.2, 0) is 4.79 Å². The molecule has 5 saturated carbocycles. The lowest BCUT2D eigenvalue weighted by molar-refractivity contribution is -0.136. The first-order valence-electron chi connectivity index (χ1n) is 13.9. The third-order valence-corrected chi connectivity index (χ3v) is 12.5. The molecule has 5 aliphatic carbocycles. The third-order valence-electron chi connectivity index (χ3n) is 12.5. The topological polar surface area (TPSA) is 60.8 Å². The first-order valence-corrected chi connectivity index (χ1v) is 13.9. The molecule has 0 radical (unpaired) electrons. The number of hydrogen-bond donors (Lipinski definition) is 2. The molecule has 32 heavy (non-hydrogen) atoms. The lowest BCUT2D eigenvalue weighted by Gasteiger charge is -2.61. The third kappa shape index (κ3) is 2.96. The zero-order valence-electron chi connectivity index (χ0n) is 20.6. The minimum atomic E-state index is -0.394. The standard InChI is InChI=1S/C28H45NO3/c1-17(24(30)16-29-14-4-5-25(29)31)19-8-9-20-18-6-7-22-23-15-28(23,32)13-12-27(22,3)21(18)10-11-26(19,20)2/h17-24,30,32H,4-16H2,1-3H3/t17-,18-,19+,20-,21-,22+,23?,24+,26+,27+,28-/m0/s1. The highest BCUT2D eigenvalue weighted by Gasteiger charge is 2.68. The largest absolute Gasteiger partial charge is 0.391 e. The SMILES string of the molecule is C[C@H]([C@H](O)CN1CCCC1=O)[C@H]1CC[C@H]2[C@@H]3CC[C@@H]4C5C[C@@]5(O)CC[C@]4(C)[C@H]3CC[C@]12C. The van der Waals surface area contributed by atoms with Crippen LogP contribution in [0.25, 0.3) is 0 Å². The van der Waals surface area contributed by atoms with E-state index in [4.69, 9.17) is 0 Å². The Bertz CT molecular complexity index is 785. The summed E-state index contributed by atoms with van der Waals surface area (Å²) in [4.78, 5) is 14.0. The van der Waals surface area contributed by atoms with Crippen molar-refractivity contribution in [3.05, 3.63) is 0 Å². The predicted octanol–water partition coefficient (Wildman–Crippen LogP) is 4.63. The Balaban J connectivity index is 1.18. The van der Waals surface area contributed by atoms with Crippen LogP contribution in [0.3, 0.4) is 0 Å². The molecule has 0 aromatic rings. The van der Waals surface area contributed by atoms with Crippen LogP contribution in [0.15, 0.2) is 0 Å². The maximum atomic E-state index is 12.1. The highest BCUT2D eigenvalue weighted by molar-refractivity contribution is 5.78. The van der Waals surface area contributed by atoms with Crippen LogP contribution in [0.4, 0.5) is 0 Å².